The van der Waals surface area contributed by atoms with Gasteiger partial charge in [0.2, 0.25) is 5.91 Å². The Labute approximate surface area is 157 Å². The number of likely N-dealkylation sites (tertiary alicyclic amines) is 1. The summed E-state index contributed by atoms with van der Waals surface area (Å²) in [6.07, 6.45) is 5.81. The van der Waals surface area contributed by atoms with Crippen LogP contribution < -0.4 is 5.32 Å². The minimum absolute atomic E-state index is 0.0294. The molecule has 3 aromatic heterocycles. The van der Waals surface area contributed by atoms with Gasteiger partial charge in [-0.25, -0.2) is 9.50 Å². The van der Waals surface area contributed by atoms with Crippen LogP contribution in [0.4, 0.5) is 0 Å². The third kappa shape index (κ3) is 3.57. The number of amides is 1. The van der Waals surface area contributed by atoms with Crippen LogP contribution in [0.3, 0.4) is 0 Å². The van der Waals surface area contributed by atoms with Gasteiger partial charge in [0.05, 0.1) is 18.7 Å². The fourth-order valence-electron chi connectivity index (χ4n) is 3.79. The minimum atomic E-state index is -0.0294. The average molecular weight is 368 g/mol. The van der Waals surface area contributed by atoms with Crippen molar-refractivity contribution >= 4 is 11.7 Å². The van der Waals surface area contributed by atoms with Gasteiger partial charge < -0.3 is 9.73 Å². The zero-order chi connectivity index (χ0) is 18.8. The molecule has 8 nitrogen and oxygen atoms in total. The first-order valence-corrected chi connectivity index (χ1v) is 9.33. The highest BCUT2D eigenvalue weighted by atomic mass is 16.3. The summed E-state index contributed by atoms with van der Waals surface area (Å²) in [5.41, 5.74) is 2.60. The first-order valence-electron chi connectivity index (χ1n) is 9.33. The summed E-state index contributed by atoms with van der Waals surface area (Å²) in [6.45, 7) is 6.44. The molecular formula is C19H24N6O2. The van der Waals surface area contributed by atoms with Crippen LogP contribution in [0.15, 0.2) is 29.1 Å². The summed E-state index contributed by atoms with van der Waals surface area (Å²) in [7, 11) is 0. The fourth-order valence-corrected chi connectivity index (χ4v) is 3.79. The number of aromatic nitrogens is 4. The lowest BCUT2D eigenvalue weighted by molar-refractivity contribution is -0.120. The molecule has 0 aliphatic carbocycles. The van der Waals surface area contributed by atoms with E-state index in [0.717, 1.165) is 35.8 Å². The summed E-state index contributed by atoms with van der Waals surface area (Å²) >= 11 is 0. The van der Waals surface area contributed by atoms with Gasteiger partial charge in [0.15, 0.2) is 0 Å². The Balaban J connectivity index is 1.46. The molecule has 0 saturated carbocycles. The molecule has 1 fully saturated rings. The summed E-state index contributed by atoms with van der Waals surface area (Å²) in [6, 6.07) is 3.95. The highest BCUT2D eigenvalue weighted by Crippen LogP contribution is 2.25. The lowest BCUT2D eigenvalue weighted by Gasteiger charge is -2.26. The predicted octanol–water partition coefficient (Wildman–Crippen LogP) is 1.83. The van der Waals surface area contributed by atoms with Crippen LogP contribution in [-0.4, -0.2) is 50.0 Å². The number of furan rings is 1. The smallest absolute Gasteiger partial charge is 0.252 e. The topological polar surface area (TPSA) is 88.6 Å². The van der Waals surface area contributed by atoms with Crippen LogP contribution in [0.5, 0.6) is 0 Å². The SMILES string of the molecule is Cc1nc2ncnn2c(C)c1CC(=O)NCC(c1ccco1)N1CCCC1. The Kier molecular flexibility index (Phi) is 4.89. The molecule has 27 heavy (non-hydrogen) atoms. The zero-order valence-electron chi connectivity index (χ0n) is 15.7. The van der Waals surface area contributed by atoms with E-state index in [1.165, 1.54) is 19.2 Å². The summed E-state index contributed by atoms with van der Waals surface area (Å²) in [5, 5.41) is 7.26. The standard InChI is InChI=1S/C19H24N6O2/c1-13-15(14(2)25-19(23-13)21-12-22-25)10-18(26)20-11-16(17-6-5-9-27-17)24-7-3-4-8-24/h5-6,9,12,16H,3-4,7-8,10-11H2,1-2H3,(H,20,26). The van der Waals surface area contributed by atoms with Gasteiger partial charge >= 0.3 is 0 Å². The van der Waals surface area contributed by atoms with Crippen molar-refractivity contribution in [3.05, 3.63) is 47.4 Å². The van der Waals surface area contributed by atoms with E-state index >= 15 is 0 Å². The molecule has 4 heterocycles. The highest BCUT2D eigenvalue weighted by molar-refractivity contribution is 5.79. The van der Waals surface area contributed by atoms with Gasteiger partial charge in [0, 0.05) is 23.5 Å². The predicted molar refractivity (Wildman–Crippen MR) is 99.2 cm³/mol. The minimum Gasteiger partial charge on any atom is -0.468 e. The summed E-state index contributed by atoms with van der Waals surface area (Å²) in [5.74, 6) is 1.43. The van der Waals surface area contributed by atoms with Gasteiger partial charge in [-0.1, -0.05) is 0 Å². The Hall–Kier alpha value is -2.74. The number of hydrogen-bond acceptors (Lipinski definition) is 6. The van der Waals surface area contributed by atoms with E-state index in [4.69, 9.17) is 4.42 Å². The van der Waals surface area contributed by atoms with E-state index in [9.17, 15) is 4.79 Å². The lowest BCUT2D eigenvalue weighted by Crippen LogP contribution is -2.37. The Bertz CT molecular complexity index is 927. The molecule has 0 bridgehead atoms. The number of fused-ring (bicyclic) bond motifs is 1. The first-order chi connectivity index (χ1) is 13.1. The Morgan fingerprint density at radius 2 is 2.15 bits per heavy atom. The first kappa shape index (κ1) is 17.7. The van der Waals surface area contributed by atoms with Crippen molar-refractivity contribution in [3.8, 4) is 0 Å². The van der Waals surface area contributed by atoms with Crippen molar-refractivity contribution in [2.75, 3.05) is 19.6 Å². The molecule has 1 N–H and O–H groups in total. The van der Waals surface area contributed by atoms with E-state index < -0.39 is 0 Å². The molecule has 0 spiro atoms. The Morgan fingerprint density at radius 3 is 2.89 bits per heavy atom. The van der Waals surface area contributed by atoms with Crippen molar-refractivity contribution < 1.29 is 9.21 Å². The number of aryl methyl sites for hydroxylation is 2. The maximum Gasteiger partial charge on any atom is 0.252 e. The van der Waals surface area contributed by atoms with Crippen molar-refractivity contribution in [3.63, 3.8) is 0 Å². The second-order valence-corrected chi connectivity index (χ2v) is 6.99. The van der Waals surface area contributed by atoms with Gasteiger partial charge in [-0.2, -0.15) is 10.1 Å². The molecule has 142 valence electrons. The molecule has 1 unspecified atom stereocenters. The second kappa shape index (κ2) is 7.48. The second-order valence-electron chi connectivity index (χ2n) is 6.99. The van der Waals surface area contributed by atoms with Crippen LogP contribution in [-0.2, 0) is 11.2 Å². The molecule has 0 radical (unpaired) electrons. The monoisotopic (exact) mass is 368 g/mol. The number of nitrogens with one attached hydrogen (secondary N) is 1. The van der Waals surface area contributed by atoms with Crippen LogP contribution in [0.25, 0.3) is 5.78 Å². The summed E-state index contributed by atoms with van der Waals surface area (Å²) in [4.78, 5) is 23.6. The number of carbonyl (C=O) groups excluding carboxylic acids is 1. The molecule has 1 atom stereocenters. The maximum atomic E-state index is 12.6. The van der Waals surface area contributed by atoms with Crippen molar-refractivity contribution in [2.24, 2.45) is 0 Å². The largest absolute Gasteiger partial charge is 0.468 e. The van der Waals surface area contributed by atoms with Gasteiger partial charge in [0.25, 0.3) is 5.78 Å². The third-order valence-corrected chi connectivity index (χ3v) is 5.27. The lowest BCUT2D eigenvalue weighted by atomic mass is 10.1. The zero-order valence-corrected chi connectivity index (χ0v) is 15.7. The molecule has 3 aromatic rings. The van der Waals surface area contributed by atoms with E-state index in [-0.39, 0.29) is 18.4 Å². The molecule has 1 aliphatic rings. The quantitative estimate of drug-likeness (QED) is 0.714. The number of hydrogen-bond donors (Lipinski definition) is 1. The Morgan fingerprint density at radius 1 is 1.33 bits per heavy atom. The number of carbonyl (C=O) groups is 1. The molecule has 0 aromatic carbocycles. The maximum absolute atomic E-state index is 12.6. The molecule has 8 heteroatoms. The van der Waals surface area contributed by atoms with Gasteiger partial charge in [-0.05, 0) is 51.9 Å². The normalized spacial score (nSPS) is 16.1. The highest BCUT2D eigenvalue weighted by Gasteiger charge is 2.26. The molecule has 1 aliphatic heterocycles. The van der Waals surface area contributed by atoms with E-state index in [2.05, 4.69) is 25.3 Å². The number of nitrogens with zero attached hydrogens (tertiary/aromatic N) is 5. The molecule has 1 saturated heterocycles. The van der Waals surface area contributed by atoms with Crippen LogP contribution in [0.2, 0.25) is 0 Å². The fraction of sp³-hybridized carbons (Fsp3) is 0.474. The van der Waals surface area contributed by atoms with Crippen LogP contribution >= 0.6 is 0 Å². The summed E-state index contributed by atoms with van der Waals surface area (Å²) < 4.78 is 7.29. The average Bonchev–Trinajstić information content (AvgIpc) is 3.40. The van der Waals surface area contributed by atoms with Gasteiger partial charge in [-0.15, -0.1) is 0 Å². The van der Waals surface area contributed by atoms with Gasteiger partial charge in [-0.3, -0.25) is 9.69 Å². The van der Waals surface area contributed by atoms with E-state index in [0.29, 0.717) is 12.3 Å². The molecule has 4 rings (SSSR count). The van der Waals surface area contributed by atoms with Crippen molar-refractivity contribution in [1.29, 1.82) is 0 Å². The number of rotatable bonds is 6. The van der Waals surface area contributed by atoms with Crippen molar-refractivity contribution in [2.45, 2.75) is 39.2 Å². The van der Waals surface area contributed by atoms with Crippen LogP contribution in [0.1, 0.15) is 41.6 Å². The van der Waals surface area contributed by atoms with E-state index in [1.807, 2.05) is 26.0 Å². The van der Waals surface area contributed by atoms with E-state index in [1.54, 1.807) is 10.8 Å². The van der Waals surface area contributed by atoms with Crippen molar-refractivity contribution in [1.82, 2.24) is 29.8 Å². The van der Waals surface area contributed by atoms with Crippen LogP contribution in [0, 0.1) is 13.8 Å². The molecular weight excluding hydrogens is 344 g/mol. The molecule has 1 amide bonds. The third-order valence-electron chi connectivity index (χ3n) is 5.27. The van der Waals surface area contributed by atoms with Gasteiger partial charge in [0.1, 0.15) is 12.1 Å².